The number of likely N-dealkylation sites (N-methyl/N-ethyl adjacent to an activating group) is 1. The Bertz CT molecular complexity index is 569. The monoisotopic (exact) mass is 337 g/mol. The molecule has 8 heteroatoms. The largest absolute Gasteiger partial charge is 0.445 e. The van der Waals surface area contributed by atoms with Crippen LogP contribution in [0.25, 0.3) is 0 Å². The molecule has 0 bridgehead atoms. The van der Waals surface area contributed by atoms with Gasteiger partial charge in [-0.15, -0.1) is 0 Å². The number of amides is 3. The van der Waals surface area contributed by atoms with E-state index in [0.717, 1.165) is 10.6 Å². The summed E-state index contributed by atoms with van der Waals surface area (Å²) < 4.78 is 9.99. The molecule has 0 saturated carbocycles. The molecule has 0 saturated heterocycles. The van der Waals surface area contributed by atoms with Crippen molar-refractivity contribution in [1.29, 1.82) is 0 Å². The van der Waals surface area contributed by atoms with Crippen molar-refractivity contribution in [2.75, 3.05) is 13.6 Å². The topological polar surface area (TPSA) is 97.0 Å². The zero-order chi connectivity index (χ0) is 18.2. The van der Waals surface area contributed by atoms with E-state index < -0.39 is 23.7 Å². The first-order valence-electron chi connectivity index (χ1n) is 7.38. The number of ether oxygens (including phenoxy) is 2. The number of carbonyl (C=O) groups is 3. The van der Waals surface area contributed by atoms with Crippen LogP contribution in [-0.4, -0.2) is 42.3 Å². The van der Waals surface area contributed by atoms with E-state index in [-0.39, 0.29) is 13.2 Å². The van der Waals surface area contributed by atoms with Crippen molar-refractivity contribution < 1.29 is 23.9 Å². The Morgan fingerprint density at radius 1 is 1.08 bits per heavy atom. The number of hydrogen-bond acceptors (Lipinski definition) is 5. The van der Waals surface area contributed by atoms with Crippen LogP contribution in [0.1, 0.15) is 26.3 Å². The molecule has 0 fully saturated rings. The van der Waals surface area contributed by atoms with Crippen LogP contribution in [0.2, 0.25) is 0 Å². The normalized spacial score (nSPS) is 10.5. The van der Waals surface area contributed by atoms with Gasteiger partial charge in [-0.05, 0) is 26.3 Å². The number of nitrogens with zero attached hydrogens (tertiary/aromatic N) is 1. The van der Waals surface area contributed by atoms with Crippen molar-refractivity contribution >= 4 is 18.1 Å². The molecule has 1 aromatic carbocycles. The first-order valence-corrected chi connectivity index (χ1v) is 7.38. The highest BCUT2D eigenvalue weighted by molar-refractivity contribution is 5.83. The zero-order valence-electron chi connectivity index (χ0n) is 14.3. The van der Waals surface area contributed by atoms with Gasteiger partial charge in [0.1, 0.15) is 18.8 Å². The molecule has 0 heterocycles. The van der Waals surface area contributed by atoms with Crippen LogP contribution in [-0.2, 0) is 20.9 Å². The molecule has 0 aliphatic carbocycles. The van der Waals surface area contributed by atoms with E-state index in [1.165, 1.54) is 7.05 Å². The summed E-state index contributed by atoms with van der Waals surface area (Å²) in [7, 11) is 1.35. The van der Waals surface area contributed by atoms with Gasteiger partial charge >= 0.3 is 12.2 Å². The lowest BCUT2D eigenvalue weighted by atomic mass is 10.2. The number of hydrazine groups is 1. The SMILES string of the molecule is CN(NC(=O)OC(C)(C)C)C(=O)CNC(=O)OCc1ccccc1. The van der Waals surface area contributed by atoms with Gasteiger partial charge in [0.2, 0.25) is 0 Å². The lowest BCUT2D eigenvalue weighted by Crippen LogP contribution is -2.49. The molecular weight excluding hydrogens is 314 g/mol. The fourth-order valence-corrected chi connectivity index (χ4v) is 1.54. The van der Waals surface area contributed by atoms with Crippen LogP contribution < -0.4 is 10.7 Å². The number of benzene rings is 1. The smallest absolute Gasteiger partial charge is 0.426 e. The number of hydrogen-bond donors (Lipinski definition) is 2. The molecule has 0 aromatic heterocycles. The molecule has 1 rings (SSSR count). The summed E-state index contributed by atoms with van der Waals surface area (Å²) in [5, 5.41) is 3.25. The fraction of sp³-hybridized carbons (Fsp3) is 0.438. The van der Waals surface area contributed by atoms with Crippen molar-refractivity contribution in [3.63, 3.8) is 0 Å². The lowest BCUT2D eigenvalue weighted by molar-refractivity contribution is -0.131. The van der Waals surface area contributed by atoms with Gasteiger partial charge in [-0.1, -0.05) is 30.3 Å². The van der Waals surface area contributed by atoms with Crippen LogP contribution in [0.3, 0.4) is 0 Å². The van der Waals surface area contributed by atoms with Crippen LogP contribution in [0, 0.1) is 0 Å². The highest BCUT2D eigenvalue weighted by atomic mass is 16.6. The quantitative estimate of drug-likeness (QED) is 0.817. The van der Waals surface area contributed by atoms with Crippen molar-refractivity contribution in [3.8, 4) is 0 Å². The van der Waals surface area contributed by atoms with Gasteiger partial charge in [0.25, 0.3) is 5.91 Å². The van der Waals surface area contributed by atoms with E-state index in [4.69, 9.17) is 9.47 Å². The predicted octanol–water partition coefficient (Wildman–Crippen LogP) is 1.81. The third-order valence-corrected chi connectivity index (χ3v) is 2.63. The average molecular weight is 337 g/mol. The molecule has 0 aliphatic rings. The van der Waals surface area contributed by atoms with E-state index in [0.29, 0.717) is 0 Å². The van der Waals surface area contributed by atoms with Crippen molar-refractivity contribution in [1.82, 2.24) is 15.8 Å². The Morgan fingerprint density at radius 3 is 2.29 bits per heavy atom. The molecule has 8 nitrogen and oxygen atoms in total. The standard InChI is InChI=1S/C16H23N3O5/c1-16(2,3)24-15(22)18-19(4)13(20)10-17-14(21)23-11-12-8-6-5-7-9-12/h5-9H,10-11H2,1-4H3,(H,17,21)(H,18,22). The van der Waals surface area contributed by atoms with E-state index in [2.05, 4.69) is 10.7 Å². The number of alkyl carbamates (subject to hydrolysis) is 1. The molecule has 24 heavy (non-hydrogen) atoms. The second kappa shape index (κ2) is 8.76. The Balaban J connectivity index is 2.29. The Kier molecular flexibility index (Phi) is 7.03. The minimum absolute atomic E-state index is 0.104. The Morgan fingerprint density at radius 2 is 1.71 bits per heavy atom. The molecule has 2 N–H and O–H groups in total. The minimum atomic E-state index is -0.759. The van der Waals surface area contributed by atoms with Gasteiger partial charge in [-0.3, -0.25) is 9.80 Å². The van der Waals surface area contributed by atoms with Crippen molar-refractivity contribution in [2.24, 2.45) is 0 Å². The molecule has 132 valence electrons. The van der Waals surface area contributed by atoms with Crippen LogP contribution in [0.5, 0.6) is 0 Å². The number of carbonyl (C=O) groups excluding carboxylic acids is 3. The van der Waals surface area contributed by atoms with Gasteiger partial charge in [0, 0.05) is 7.05 Å². The van der Waals surface area contributed by atoms with Crippen LogP contribution >= 0.6 is 0 Å². The number of rotatable bonds is 4. The molecule has 0 aliphatic heterocycles. The highest BCUT2D eigenvalue weighted by Crippen LogP contribution is 2.06. The first-order chi connectivity index (χ1) is 11.2. The average Bonchev–Trinajstić information content (AvgIpc) is 2.49. The third-order valence-electron chi connectivity index (χ3n) is 2.63. The van der Waals surface area contributed by atoms with Crippen LogP contribution in [0.4, 0.5) is 9.59 Å². The minimum Gasteiger partial charge on any atom is -0.445 e. The van der Waals surface area contributed by atoms with Crippen LogP contribution in [0.15, 0.2) is 30.3 Å². The van der Waals surface area contributed by atoms with Gasteiger partial charge in [0.05, 0.1) is 0 Å². The predicted molar refractivity (Wildman–Crippen MR) is 86.8 cm³/mol. The fourth-order valence-electron chi connectivity index (χ4n) is 1.54. The number of nitrogens with one attached hydrogen (secondary N) is 2. The highest BCUT2D eigenvalue weighted by Gasteiger charge is 2.19. The summed E-state index contributed by atoms with van der Waals surface area (Å²) in [4.78, 5) is 34.9. The third kappa shape index (κ3) is 8.02. The van der Waals surface area contributed by atoms with E-state index in [9.17, 15) is 14.4 Å². The molecule has 1 aromatic rings. The van der Waals surface area contributed by atoms with E-state index in [1.807, 2.05) is 30.3 Å². The summed E-state index contributed by atoms with van der Waals surface area (Å²) in [6.45, 7) is 4.91. The van der Waals surface area contributed by atoms with E-state index >= 15 is 0 Å². The molecule has 3 amide bonds. The molecule has 0 radical (unpaired) electrons. The molecular formula is C16H23N3O5. The maximum absolute atomic E-state index is 11.8. The molecule has 0 unspecified atom stereocenters. The summed E-state index contributed by atoms with van der Waals surface area (Å²) in [5.41, 5.74) is 2.41. The molecule has 0 atom stereocenters. The van der Waals surface area contributed by atoms with Crippen molar-refractivity contribution in [2.45, 2.75) is 33.0 Å². The van der Waals surface area contributed by atoms with Gasteiger partial charge in [-0.2, -0.15) is 0 Å². The molecule has 0 spiro atoms. The second-order valence-electron chi connectivity index (χ2n) is 5.98. The van der Waals surface area contributed by atoms with Gasteiger partial charge in [0.15, 0.2) is 0 Å². The summed E-state index contributed by atoms with van der Waals surface area (Å²) in [5.74, 6) is -0.530. The summed E-state index contributed by atoms with van der Waals surface area (Å²) >= 11 is 0. The first kappa shape index (κ1) is 19.3. The van der Waals surface area contributed by atoms with Crippen molar-refractivity contribution in [3.05, 3.63) is 35.9 Å². The van der Waals surface area contributed by atoms with Gasteiger partial charge < -0.3 is 14.8 Å². The maximum Gasteiger partial charge on any atom is 0.426 e. The van der Waals surface area contributed by atoms with E-state index in [1.54, 1.807) is 20.8 Å². The lowest BCUT2D eigenvalue weighted by Gasteiger charge is -2.23. The Hall–Kier alpha value is -2.77. The summed E-state index contributed by atoms with van der Waals surface area (Å²) in [6.07, 6.45) is -1.48. The van der Waals surface area contributed by atoms with Gasteiger partial charge in [-0.25, -0.2) is 15.0 Å². The second-order valence-corrected chi connectivity index (χ2v) is 5.98. The summed E-state index contributed by atoms with van der Waals surface area (Å²) in [6, 6.07) is 9.15. The zero-order valence-corrected chi connectivity index (χ0v) is 14.3. The maximum atomic E-state index is 11.8. The Labute approximate surface area is 141 Å².